The lowest BCUT2D eigenvalue weighted by molar-refractivity contribution is -0.110. The van der Waals surface area contributed by atoms with Crippen LogP contribution < -0.4 is 47.4 Å². The monoisotopic (exact) mass is 929 g/mol. The van der Waals surface area contributed by atoms with Gasteiger partial charge in [-0.25, -0.2) is 9.97 Å². The van der Waals surface area contributed by atoms with Crippen LogP contribution in [0.5, 0.6) is 17.2 Å². The van der Waals surface area contributed by atoms with Crippen LogP contribution in [0.1, 0.15) is 71.5 Å². The van der Waals surface area contributed by atoms with Crippen molar-refractivity contribution in [3.63, 3.8) is 0 Å². The summed E-state index contributed by atoms with van der Waals surface area (Å²) in [6.07, 6.45) is 8.67. The van der Waals surface area contributed by atoms with E-state index in [9.17, 15) is 19.2 Å². The molecule has 0 atom stereocenters. The minimum Gasteiger partial charge on any atom is -0.494 e. The molecule has 6 aromatic rings. The van der Waals surface area contributed by atoms with Gasteiger partial charge in [0.1, 0.15) is 52.9 Å². The quantitative estimate of drug-likeness (QED) is 0.0360. The number of imidazole rings is 2. The minimum atomic E-state index is -0.701. The first kappa shape index (κ1) is 50.6. The number of anilines is 3. The number of amides is 4. The molecule has 0 aliphatic heterocycles. The molecule has 0 radical (unpaired) electrons. The fourth-order valence-electron chi connectivity index (χ4n) is 6.95. The van der Waals surface area contributed by atoms with Crippen molar-refractivity contribution in [3.8, 4) is 17.2 Å². The summed E-state index contributed by atoms with van der Waals surface area (Å²) < 4.78 is 22.8. The smallest absolute Gasteiger partial charge is 0.276 e. The molecular weight excluding hydrogens is 871 g/mol. The molecule has 0 spiro atoms. The van der Waals surface area contributed by atoms with E-state index in [2.05, 4.69) is 31.0 Å². The summed E-state index contributed by atoms with van der Waals surface area (Å²) in [5, 5.41) is 13.3. The van der Waals surface area contributed by atoms with Crippen LogP contribution in [0.2, 0.25) is 0 Å². The van der Waals surface area contributed by atoms with Crippen molar-refractivity contribution in [2.75, 3.05) is 49.9 Å². The minimum absolute atomic E-state index is 0.0850. The van der Waals surface area contributed by atoms with Gasteiger partial charge in [0.2, 0.25) is 23.7 Å². The second kappa shape index (κ2) is 23.7. The molecule has 358 valence electrons. The molecule has 3 aromatic heterocycles. The van der Waals surface area contributed by atoms with Gasteiger partial charge >= 0.3 is 0 Å². The molecule has 0 unspecified atom stereocenters. The van der Waals surface area contributed by atoms with Gasteiger partial charge in [-0.2, -0.15) is 5.10 Å². The maximum Gasteiger partial charge on any atom is 0.276 e. The van der Waals surface area contributed by atoms with E-state index in [-0.39, 0.29) is 66.5 Å². The summed E-state index contributed by atoms with van der Waals surface area (Å²) in [4.78, 5) is 65.9. The van der Waals surface area contributed by atoms with Gasteiger partial charge in [0, 0.05) is 61.8 Å². The van der Waals surface area contributed by atoms with Gasteiger partial charge in [-0.05, 0) is 88.4 Å². The number of nitrogens with zero attached hydrogens (tertiary/aromatic N) is 7. The molecule has 0 aliphatic rings. The van der Waals surface area contributed by atoms with E-state index in [4.69, 9.17) is 36.4 Å². The molecule has 3 aromatic carbocycles. The van der Waals surface area contributed by atoms with Gasteiger partial charge in [-0.3, -0.25) is 39.5 Å². The van der Waals surface area contributed by atoms with Crippen molar-refractivity contribution in [2.24, 2.45) is 22.2 Å². The molecule has 6 rings (SSSR count). The first-order chi connectivity index (χ1) is 32.7. The number of nitrogens with two attached hydrogens (primary N) is 3. The molecule has 0 saturated heterocycles. The standard InChI is InChI=1S/C46H53N13O7.C2H6/c1-7-51-35(20-27(3)47)43(62)54-45-52-33-22-29(41(48)60)24-37(64-6)39(33)57(45)16-9-10-17-58-40-34(53-46(58)55-44(63)36-21-28(4)56-59(36)8-2)23-30(42(49)61)25-38(40)66-19-12-11-18-65-32-15-13-14-31(26-32)50-5;1-2/h9-15,20-26,50H,7-8,16-19,47H2,1-6H3,(H2,48,60)(H2,49,61)(H,52,54,62)(H,53,55,63);1-2H3/b10-9+,12-11+,27-20-,51-35?;. The largest absolute Gasteiger partial charge is 0.494 e. The van der Waals surface area contributed by atoms with Gasteiger partial charge in [-0.15, -0.1) is 0 Å². The van der Waals surface area contributed by atoms with Crippen molar-refractivity contribution in [1.82, 2.24) is 28.9 Å². The van der Waals surface area contributed by atoms with Gasteiger partial charge in [0.05, 0.1) is 23.8 Å². The third-order valence-electron chi connectivity index (χ3n) is 9.93. The summed E-state index contributed by atoms with van der Waals surface area (Å²) in [6, 6.07) is 15.3. The second-order valence-electron chi connectivity index (χ2n) is 14.7. The number of aromatic nitrogens is 6. The molecular formula is C48H59N13O7. The van der Waals surface area contributed by atoms with Crippen LogP contribution in [0.25, 0.3) is 22.1 Å². The lowest BCUT2D eigenvalue weighted by atomic mass is 10.1. The number of benzene rings is 3. The number of ether oxygens (including phenoxy) is 3. The van der Waals surface area contributed by atoms with E-state index in [1.807, 2.05) is 64.2 Å². The Bertz CT molecular complexity index is 2920. The third-order valence-corrected chi connectivity index (χ3v) is 9.93. The zero-order valence-electron chi connectivity index (χ0n) is 39.5. The number of aliphatic imine (C=N–C) groups is 1. The number of aryl methyl sites for hydroxylation is 2. The van der Waals surface area contributed by atoms with E-state index >= 15 is 0 Å². The molecule has 3 heterocycles. The topological polar surface area (TPSA) is 276 Å². The number of allylic oxidation sites excluding steroid dienone is 3. The SMILES string of the molecule is CC.CCN=C(/C=C(/C)N)C(=O)Nc1nc2cc(C(N)=O)cc(OC)c2n1C/C=C/Cn1c(NC(=O)c2cc(C)nn2CC)nc2cc(C(N)=O)cc(OC/C=C/COc3cccc(NC)c3)c21. The van der Waals surface area contributed by atoms with E-state index < -0.39 is 23.6 Å². The highest BCUT2D eigenvalue weighted by Gasteiger charge is 2.23. The van der Waals surface area contributed by atoms with Gasteiger partial charge < -0.3 is 45.9 Å². The van der Waals surface area contributed by atoms with Crippen molar-refractivity contribution < 1.29 is 33.4 Å². The van der Waals surface area contributed by atoms with Crippen LogP contribution >= 0.6 is 0 Å². The number of carbonyl (C=O) groups excluding carboxylic acids is 4. The summed E-state index contributed by atoms with van der Waals surface area (Å²) in [7, 11) is 3.27. The first-order valence-corrected chi connectivity index (χ1v) is 22.0. The summed E-state index contributed by atoms with van der Waals surface area (Å²) >= 11 is 0. The van der Waals surface area contributed by atoms with Gasteiger partial charge in [0.25, 0.3) is 11.8 Å². The Morgan fingerprint density at radius 2 is 1.37 bits per heavy atom. The van der Waals surface area contributed by atoms with Crippen LogP contribution in [0.15, 0.2) is 95.7 Å². The third kappa shape index (κ3) is 12.3. The van der Waals surface area contributed by atoms with Gasteiger partial charge in [-0.1, -0.05) is 32.1 Å². The lowest BCUT2D eigenvalue weighted by Gasteiger charge is -2.13. The van der Waals surface area contributed by atoms with Crippen molar-refractivity contribution >= 4 is 69.0 Å². The Balaban J connectivity index is 0.00000426. The molecule has 4 amide bonds. The summed E-state index contributed by atoms with van der Waals surface area (Å²) in [6.45, 7) is 12.5. The Morgan fingerprint density at radius 3 is 1.93 bits per heavy atom. The maximum atomic E-state index is 13.8. The highest BCUT2D eigenvalue weighted by atomic mass is 16.5. The first-order valence-electron chi connectivity index (χ1n) is 22.0. The average molecular weight is 930 g/mol. The number of carbonyl (C=O) groups is 4. The fourth-order valence-corrected chi connectivity index (χ4v) is 6.95. The van der Waals surface area contributed by atoms with E-state index in [0.29, 0.717) is 58.0 Å². The zero-order valence-corrected chi connectivity index (χ0v) is 39.5. The lowest BCUT2D eigenvalue weighted by Crippen LogP contribution is -2.24. The molecule has 0 aliphatic carbocycles. The van der Waals surface area contributed by atoms with E-state index in [1.54, 1.807) is 52.8 Å². The Kier molecular flexibility index (Phi) is 17.6. The maximum absolute atomic E-state index is 13.8. The molecule has 0 fully saturated rings. The number of rotatable bonds is 21. The van der Waals surface area contributed by atoms with Crippen LogP contribution in [0, 0.1) is 6.92 Å². The Morgan fingerprint density at radius 1 is 0.779 bits per heavy atom. The zero-order chi connectivity index (χ0) is 49.5. The molecule has 20 nitrogen and oxygen atoms in total. The molecule has 9 N–H and O–H groups in total. The van der Waals surface area contributed by atoms with Crippen molar-refractivity contribution in [3.05, 3.63) is 113 Å². The normalized spacial score (nSPS) is 11.8. The van der Waals surface area contributed by atoms with E-state index in [0.717, 1.165) is 5.69 Å². The highest BCUT2D eigenvalue weighted by Crippen LogP contribution is 2.33. The summed E-state index contributed by atoms with van der Waals surface area (Å²) in [5.41, 5.74) is 21.5. The van der Waals surface area contributed by atoms with Crippen LogP contribution in [0.3, 0.4) is 0 Å². The van der Waals surface area contributed by atoms with Crippen LogP contribution in [-0.4, -0.2) is 92.1 Å². The van der Waals surface area contributed by atoms with Crippen molar-refractivity contribution in [1.29, 1.82) is 0 Å². The average Bonchev–Trinajstić information content (AvgIpc) is 4.00. The molecule has 20 heteroatoms. The predicted octanol–water partition coefficient (Wildman–Crippen LogP) is 5.97. The predicted molar refractivity (Wildman–Crippen MR) is 265 cm³/mol. The number of nitrogens with one attached hydrogen (secondary N) is 3. The van der Waals surface area contributed by atoms with Crippen molar-refractivity contribution in [2.45, 2.75) is 61.2 Å². The number of primary amides is 2. The number of fused-ring (bicyclic) bond motifs is 2. The number of methoxy groups -OCH3 is 1. The molecule has 0 bridgehead atoms. The van der Waals surface area contributed by atoms with Crippen LogP contribution in [-0.2, 0) is 24.4 Å². The Labute approximate surface area is 393 Å². The van der Waals surface area contributed by atoms with E-state index in [1.165, 1.54) is 37.5 Å². The fraction of sp³-hybridized carbons (Fsp3) is 0.292. The van der Waals surface area contributed by atoms with Gasteiger partial charge in [0.15, 0.2) is 0 Å². The Hall–Kier alpha value is -8.42. The highest BCUT2D eigenvalue weighted by molar-refractivity contribution is 6.47. The summed E-state index contributed by atoms with van der Waals surface area (Å²) in [5.74, 6) is -0.902. The second-order valence-corrected chi connectivity index (χ2v) is 14.7. The molecule has 68 heavy (non-hydrogen) atoms. The van der Waals surface area contributed by atoms with Crippen LogP contribution in [0.4, 0.5) is 17.6 Å². The number of hydrogen-bond donors (Lipinski definition) is 6. The molecule has 0 saturated carbocycles. The number of hydrogen-bond acceptors (Lipinski definition) is 13.